The van der Waals surface area contributed by atoms with Crippen LogP contribution in [0, 0.1) is 5.82 Å². The monoisotopic (exact) mass is 353 g/mol. The highest BCUT2D eigenvalue weighted by Crippen LogP contribution is 2.24. The highest BCUT2D eigenvalue weighted by molar-refractivity contribution is 5.61. The van der Waals surface area contributed by atoms with Gasteiger partial charge in [-0.15, -0.1) is 5.10 Å². The number of likely N-dealkylation sites (tertiary alicyclic amines) is 1. The molecule has 0 aliphatic carbocycles. The second kappa shape index (κ2) is 7.72. The van der Waals surface area contributed by atoms with Crippen LogP contribution in [0.5, 0.6) is 0 Å². The van der Waals surface area contributed by atoms with Crippen LogP contribution in [-0.2, 0) is 17.9 Å². The van der Waals surface area contributed by atoms with E-state index in [-0.39, 0.29) is 11.9 Å². The lowest BCUT2D eigenvalue weighted by Gasteiger charge is -2.15. The molecule has 0 saturated carbocycles. The van der Waals surface area contributed by atoms with Crippen LogP contribution in [0.15, 0.2) is 48.7 Å². The van der Waals surface area contributed by atoms with E-state index in [4.69, 9.17) is 4.74 Å². The Hall–Kier alpha value is -2.64. The minimum absolute atomic E-state index is 0.135. The molecule has 134 valence electrons. The van der Waals surface area contributed by atoms with Gasteiger partial charge in [0, 0.05) is 31.4 Å². The van der Waals surface area contributed by atoms with Crippen molar-refractivity contribution < 1.29 is 9.13 Å². The van der Waals surface area contributed by atoms with E-state index in [9.17, 15) is 4.39 Å². The molecule has 1 atom stereocenters. The van der Waals surface area contributed by atoms with Gasteiger partial charge in [-0.05, 0) is 30.7 Å². The number of hydrogen-bond acceptors (Lipinski definition) is 5. The summed E-state index contributed by atoms with van der Waals surface area (Å²) in [6.45, 7) is 2.99. The van der Waals surface area contributed by atoms with Crippen molar-refractivity contribution in [1.29, 1.82) is 0 Å². The highest BCUT2D eigenvalue weighted by Gasteiger charge is 2.24. The van der Waals surface area contributed by atoms with Gasteiger partial charge in [0.1, 0.15) is 11.5 Å². The van der Waals surface area contributed by atoms with Crippen LogP contribution in [0.2, 0.25) is 0 Å². The van der Waals surface area contributed by atoms with Crippen molar-refractivity contribution in [2.24, 2.45) is 0 Å². The van der Waals surface area contributed by atoms with Gasteiger partial charge >= 0.3 is 0 Å². The minimum atomic E-state index is -0.315. The fourth-order valence-electron chi connectivity index (χ4n) is 3.22. The van der Waals surface area contributed by atoms with Crippen molar-refractivity contribution in [3.8, 4) is 11.3 Å². The predicted octanol–water partition coefficient (Wildman–Crippen LogP) is 2.80. The molecule has 1 unspecified atom stereocenters. The first-order valence-electron chi connectivity index (χ1n) is 8.68. The van der Waals surface area contributed by atoms with Crippen LogP contribution < -0.4 is 0 Å². The van der Waals surface area contributed by atoms with Gasteiger partial charge < -0.3 is 4.74 Å². The Kier molecular flexibility index (Phi) is 4.99. The fraction of sp³-hybridized carbons (Fsp3) is 0.316. The Morgan fingerprint density at radius 1 is 1.19 bits per heavy atom. The molecule has 1 N–H and O–H groups in total. The number of H-pyrrole nitrogens is 1. The van der Waals surface area contributed by atoms with E-state index in [0.717, 1.165) is 31.7 Å². The fourth-order valence-corrected chi connectivity index (χ4v) is 3.22. The molecule has 4 rings (SSSR count). The van der Waals surface area contributed by atoms with Gasteiger partial charge in [0.15, 0.2) is 0 Å². The van der Waals surface area contributed by atoms with Gasteiger partial charge in [0.25, 0.3) is 0 Å². The molecule has 1 aliphatic heterocycles. The number of nitrogens with zero attached hydrogens (tertiary/aromatic N) is 4. The van der Waals surface area contributed by atoms with Gasteiger partial charge in [-0.3, -0.25) is 15.0 Å². The van der Waals surface area contributed by atoms with E-state index in [1.807, 2.05) is 24.4 Å². The Balaban J connectivity index is 1.35. The van der Waals surface area contributed by atoms with Gasteiger partial charge in [-0.25, -0.2) is 4.39 Å². The van der Waals surface area contributed by atoms with Crippen LogP contribution in [0.4, 0.5) is 4.39 Å². The summed E-state index contributed by atoms with van der Waals surface area (Å²) in [4.78, 5) is 6.70. The van der Waals surface area contributed by atoms with E-state index in [1.54, 1.807) is 18.2 Å². The molecule has 0 radical (unpaired) electrons. The molecule has 26 heavy (non-hydrogen) atoms. The first-order chi connectivity index (χ1) is 12.8. The zero-order valence-corrected chi connectivity index (χ0v) is 14.3. The van der Waals surface area contributed by atoms with Crippen LogP contribution in [-0.4, -0.2) is 44.5 Å². The summed E-state index contributed by atoms with van der Waals surface area (Å²) in [6, 6.07) is 12.5. The molecule has 1 aromatic carbocycles. The third kappa shape index (κ3) is 3.79. The largest absolute Gasteiger partial charge is 0.370 e. The van der Waals surface area contributed by atoms with Gasteiger partial charge in [0.05, 0.1) is 24.1 Å². The molecule has 6 nitrogen and oxygen atoms in total. The first-order valence-corrected chi connectivity index (χ1v) is 8.68. The smallest absolute Gasteiger partial charge is 0.132 e. The number of pyridine rings is 1. The Bertz CT molecular complexity index is 854. The van der Waals surface area contributed by atoms with Crippen LogP contribution in [0.1, 0.15) is 17.8 Å². The molecule has 7 heteroatoms. The van der Waals surface area contributed by atoms with Crippen LogP contribution in [0.25, 0.3) is 11.3 Å². The first kappa shape index (κ1) is 16.8. The zero-order chi connectivity index (χ0) is 17.8. The molecule has 0 amide bonds. The van der Waals surface area contributed by atoms with E-state index in [0.29, 0.717) is 23.6 Å². The standard InChI is InChI=1S/C19H20FN5O/c20-17-7-2-1-6-16(17)19-18(22-24-23-19)13-26-15-8-10-25(12-15)11-14-5-3-4-9-21-14/h1-7,9,15H,8,10-13H2,(H,22,23,24). The van der Waals surface area contributed by atoms with Crippen molar-refractivity contribution in [3.05, 3.63) is 65.9 Å². The number of halogens is 1. The predicted molar refractivity (Wildman–Crippen MR) is 94.5 cm³/mol. The average molecular weight is 353 g/mol. The topological polar surface area (TPSA) is 66.9 Å². The summed E-state index contributed by atoms with van der Waals surface area (Å²) in [7, 11) is 0. The molecule has 2 aromatic heterocycles. The van der Waals surface area contributed by atoms with Crippen molar-refractivity contribution in [2.45, 2.75) is 25.7 Å². The van der Waals surface area contributed by atoms with E-state index in [1.165, 1.54) is 6.07 Å². The second-order valence-electron chi connectivity index (χ2n) is 6.40. The summed E-state index contributed by atoms with van der Waals surface area (Å²) in [5, 5.41) is 10.7. The number of benzene rings is 1. The van der Waals surface area contributed by atoms with Gasteiger partial charge in [0.2, 0.25) is 0 Å². The molecule has 3 aromatic rings. The van der Waals surface area contributed by atoms with Gasteiger partial charge in [-0.1, -0.05) is 23.4 Å². The number of rotatable bonds is 6. The van der Waals surface area contributed by atoms with Crippen molar-refractivity contribution >= 4 is 0 Å². The maximum atomic E-state index is 14.0. The zero-order valence-electron chi connectivity index (χ0n) is 14.3. The van der Waals surface area contributed by atoms with Crippen molar-refractivity contribution in [3.63, 3.8) is 0 Å². The lowest BCUT2D eigenvalue weighted by molar-refractivity contribution is 0.0444. The summed E-state index contributed by atoms with van der Waals surface area (Å²) >= 11 is 0. The molecule has 0 bridgehead atoms. The molecule has 1 saturated heterocycles. The Morgan fingerprint density at radius 3 is 2.92 bits per heavy atom. The number of hydrogen-bond donors (Lipinski definition) is 1. The second-order valence-corrected chi connectivity index (χ2v) is 6.40. The number of aromatic amines is 1. The lowest BCUT2D eigenvalue weighted by Crippen LogP contribution is -2.23. The van der Waals surface area contributed by atoms with Crippen molar-refractivity contribution in [2.75, 3.05) is 13.1 Å². The molecule has 0 spiro atoms. The quantitative estimate of drug-likeness (QED) is 0.738. The highest BCUT2D eigenvalue weighted by atomic mass is 19.1. The average Bonchev–Trinajstić information content (AvgIpc) is 3.30. The van der Waals surface area contributed by atoms with Crippen molar-refractivity contribution in [1.82, 2.24) is 25.3 Å². The molecular weight excluding hydrogens is 333 g/mol. The molecule has 1 fully saturated rings. The summed E-state index contributed by atoms with van der Waals surface area (Å²) in [6.07, 6.45) is 2.91. The molecule has 3 heterocycles. The summed E-state index contributed by atoms with van der Waals surface area (Å²) in [5.41, 5.74) is 2.69. The lowest BCUT2D eigenvalue weighted by atomic mass is 10.1. The SMILES string of the molecule is Fc1ccccc1-c1nn[nH]c1COC1CCN(Cc2ccccn2)C1. The molecule has 1 aliphatic rings. The summed E-state index contributed by atoms with van der Waals surface area (Å²) in [5.74, 6) is -0.315. The summed E-state index contributed by atoms with van der Waals surface area (Å²) < 4.78 is 20.0. The number of nitrogens with one attached hydrogen (secondary N) is 1. The maximum absolute atomic E-state index is 14.0. The van der Waals surface area contributed by atoms with Crippen LogP contribution >= 0.6 is 0 Å². The number of aromatic nitrogens is 4. The van der Waals surface area contributed by atoms with Gasteiger partial charge in [-0.2, -0.15) is 0 Å². The van der Waals surface area contributed by atoms with Crippen LogP contribution in [0.3, 0.4) is 0 Å². The third-order valence-electron chi connectivity index (χ3n) is 4.55. The number of ether oxygens (including phenoxy) is 1. The molecular formula is C19H20FN5O. The van der Waals surface area contributed by atoms with E-state index >= 15 is 0 Å². The van der Waals surface area contributed by atoms with E-state index < -0.39 is 0 Å². The maximum Gasteiger partial charge on any atom is 0.132 e. The normalized spacial score (nSPS) is 17.7. The minimum Gasteiger partial charge on any atom is -0.370 e. The van der Waals surface area contributed by atoms with E-state index in [2.05, 4.69) is 25.3 Å². The third-order valence-corrected chi connectivity index (χ3v) is 4.55. The Labute approximate surface area is 151 Å². The Morgan fingerprint density at radius 2 is 2.08 bits per heavy atom.